The number of nitro benzene ring substituents is 1. The molecule has 0 unspecified atom stereocenters. The Morgan fingerprint density at radius 1 is 1.24 bits per heavy atom. The van der Waals surface area contributed by atoms with Gasteiger partial charge < -0.3 is 4.74 Å². The van der Waals surface area contributed by atoms with Gasteiger partial charge in [0.15, 0.2) is 11.5 Å². The van der Waals surface area contributed by atoms with E-state index in [-0.39, 0.29) is 23.6 Å². The number of carbonyl (C=O) groups excluding carboxylic acids is 1. The van der Waals surface area contributed by atoms with Crippen molar-refractivity contribution in [3.05, 3.63) is 69.3 Å². The molecule has 0 aliphatic heterocycles. The summed E-state index contributed by atoms with van der Waals surface area (Å²) in [5, 5.41) is 11.0. The molecule has 2 aromatic rings. The summed E-state index contributed by atoms with van der Waals surface area (Å²) in [5.41, 5.74) is 2.07. The van der Waals surface area contributed by atoms with E-state index in [0.29, 0.717) is 5.56 Å². The Hall–Kier alpha value is -2.69. The number of hydrogen-bond donors (Lipinski definition) is 0. The number of nitro groups is 1. The van der Waals surface area contributed by atoms with Gasteiger partial charge in [0.2, 0.25) is 0 Å². The summed E-state index contributed by atoms with van der Waals surface area (Å²) in [5.74, 6) is -0.0153. The minimum absolute atomic E-state index is 0.145. The first-order valence-corrected chi connectivity index (χ1v) is 6.42. The first-order chi connectivity index (χ1) is 10.0. The molecule has 0 aliphatic carbocycles. The summed E-state index contributed by atoms with van der Waals surface area (Å²) in [6.45, 7) is 1.95. The zero-order valence-electron chi connectivity index (χ0n) is 11.8. The highest BCUT2D eigenvalue weighted by atomic mass is 16.6. The predicted molar refractivity (Wildman–Crippen MR) is 78.9 cm³/mol. The molecule has 0 amide bonds. The highest BCUT2D eigenvalue weighted by Crippen LogP contribution is 2.28. The number of nitrogens with zero attached hydrogens (tertiary/aromatic N) is 1. The average molecular weight is 285 g/mol. The maximum atomic E-state index is 12.2. The van der Waals surface area contributed by atoms with Gasteiger partial charge in [0.05, 0.1) is 12.0 Å². The van der Waals surface area contributed by atoms with Crippen molar-refractivity contribution in [3.8, 4) is 5.75 Å². The molecule has 108 valence electrons. The molecule has 21 heavy (non-hydrogen) atoms. The first kappa shape index (κ1) is 14.7. The van der Waals surface area contributed by atoms with E-state index < -0.39 is 4.92 Å². The minimum Gasteiger partial charge on any atom is -0.490 e. The molecule has 0 bridgehead atoms. The number of ether oxygens (including phenoxy) is 1. The Labute approximate surface area is 122 Å². The van der Waals surface area contributed by atoms with Crippen molar-refractivity contribution in [1.82, 2.24) is 0 Å². The average Bonchev–Trinajstić information content (AvgIpc) is 2.46. The van der Waals surface area contributed by atoms with Gasteiger partial charge in [-0.1, -0.05) is 29.8 Å². The molecule has 2 aromatic carbocycles. The SMILES string of the molecule is COc1ccc(C(=O)Cc2cccc(C)c2)cc1[N+](=O)[O-]. The molecule has 0 aromatic heterocycles. The van der Waals surface area contributed by atoms with E-state index in [1.165, 1.54) is 19.2 Å². The van der Waals surface area contributed by atoms with Crippen LogP contribution in [-0.2, 0) is 6.42 Å². The second kappa shape index (κ2) is 6.17. The minimum atomic E-state index is -0.553. The van der Waals surface area contributed by atoms with E-state index >= 15 is 0 Å². The third-order valence-electron chi connectivity index (χ3n) is 3.14. The van der Waals surface area contributed by atoms with Crippen LogP contribution < -0.4 is 4.74 Å². The highest BCUT2D eigenvalue weighted by molar-refractivity contribution is 5.98. The number of methoxy groups -OCH3 is 1. The molecule has 0 saturated heterocycles. The standard InChI is InChI=1S/C16H15NO4/c1-11-4-3-5-12(8-11)9-15(18)13-6-7-16(21-2)14(10-13)17(19)20/h3-8,10H,9H2,1-2H3. The second-order valence-corrected chi connectivity index (χ2v) is 4.73. The van der Waals surface area contributed by atoms with Crippen LogP contribution in [-0.4, -0.2) is 17.8 Å². The highest BCUT2D eigenvalue weighted by Gasteiger charge is 2.18. The van der Waals surface area contributed by atoms with Crippen LogP contribution >= 0.6 is 0 Å². The van der Waals surface area contributed by atoms with Crippen molar-refractivity contribution in [1.29, 1.82) is 0 Å². The van der Waals surface area contributed by atoms with Gasteiger partial charge in [-0.15, -0.1) is 0 Å². The van der Waals surface area contributed by atoms with E-state index in [9.17, 15) is 14.9 Å². The molecular weight excluding hydrogens is 270 g/mol. The van der Waals surface area contributed by atoms with Crippen LogP contribution in [0.5, 0.6) is 5.75 Å². The predicted octanol–water partition coefficient (Wildman–Crippen LogP) is 3.34. The molecule has 5 heteroatoms. The van der Waals surface area contributed by atoms with E-state index in [2.05, 4.69) is 0 Å². The van der Waals surface area contributed by atoms with E-state index in [4.69, 9.17) is 4.74 Å². The lowest BCUT2D eigenvalue weighted by atomic mass is 10.0. The van der Waals surface area contributed by atoms with Gasteiger partial charge in [0.1, 0.15) is 0 Å². The van der Waals surface area contributed by atoms with Crippen molar-refractivity contribution in [3.63, 3.8) is 0 Å². The summed E-state index contributed by atoms with van der Waals surface area (Å²) in [4.78, 5) is 22.7. The summed E-state index contributed by atoms with van der Waals surface area (Å²) in [6, 6.07) is 11.9. The van der Waals surface area contributed by atoms with E-state index in [0.717, 1.165) is 11.1 Å². The number of Topliss-reactive ketones (excluding diaryl/α,β-unsaturated/α-hetero) is 1. The van der Waals surface area contributed by atoms with Crippen LogP contribution in [0.25, 0.3) is 0 Å². The molecule has 0 aliphatic rings. The van der Waals surface area contributed by atoms with Gasteiger partial charge in [0.25, 0.3) is 0 Å². The molecule has 5 nitrogen and oxygen atoms in total. The zero-order chi connectivity index (χ0) is 15.4. The van der Waals surface area contributed by atoms with Gasteiger partial charge in [-0.05, 0) is 24.6 Å². The molecule has 0 saturated carbocycles. The smallest absolute Gasteiger partial charge is 0.311 e. The number of carbonyl (C=O) groups is 1. The van der Waals surface area contributed by atoms with Crippen LogP contribution in [0.1, 0.15) is 21.5 Å². The lowest BCUT2D eigenvalue weighted by Gasteiger charge is -2.05. The molecule has 0 heterocycles. The van der Waals surface area contributed by atoms with Gasteiger partial charge in [-0.25, -0.2) is 0 Å². The monoisotopic (exact) mass is 285 g/mol. The molecule has 2 rings (SSSR count). The van der Waals surface area contributed by atoms with Gasteiger partial charge >= 0.3 is 5.69 Å². The van der Waals surface area contributed by atoms with Crippen molar-refractivity contribution in [2.45, 2.75) is 13.3 Å². The fourth-order valence-corrected chi connectivity index (χ4v) is 2.12. The number of aryl methyl sites for hydroxylation is 1. The normalized spacial score (nSPS) is 10.2. The third kappa shape index (κ3) is 3.45. The fraction of sp³-hybridized carbons (Fsp3) is 0.188. The fourth-order valence-electron chi connectivity index (χ4n) is 2.12. The topological polar surface area (TPSA) is 69.4 Å². The lowest BCUT2D eigenvalue weighted by Crippen LogP contribution is -2.05. The molecule has 0 radical (unpaired) electrons. The Morgan fingerprint density at radius 2 is 2.00 bits per heavy atom. The van der Waals surface area contributed by atoms with E-state index in [1.54, 1.807) is 6.07 Å². The van der Waals surface area contributed by atoms with Crippen LogP contribution in [0.2, 0.25) is 0 Å². The third-order valence-corrected chi connectivity index (χ3v) is 3.14. The Balaban J connectivity index is 2.27. The van der Waals surface area contributed by atoms with Crippen molar-refractivity contribution >= 4 is 11.5 Å². The van der Waals surface area contributed by atoms with Crippen LogP contribution in [0.3, 0.4) is 0 Å². The molecule has 0 spiro atoms. The molecule has 0 fully saturated rings. The largest absolute Gasteiger partial charge is 0.490 e. The Kier molecular flexibility index (Phi) is 4.33. The first-order valence-electron chi connectivity index (χ1n) is 6.42. The van der Waals surface area contributed by atoms with Crippen LogP contribution in [0, 0.1) is 17.0 Å². The van der Waals surface area contributed by atoms with Gasteiger partial charge in [-0.2, -0.15) is 0 Å². The van der Waals surface area contributed by atoms with Crippen molar-refractivity contribution in [2.75, 3.05) is 7.11 Å². The maximum Gasteiger partial charge on any atom is 0.311 e. The van der Waals surface area contributed by atoms with Crippen LogP contribution in [0.4, 0.5) is 5.69 Å². The summed E-state index contributed by atoms with van der Waals surface area (Å²) in [6.07, 6.45) is 0.213. The van der Waals surface area contributed by atoms with Gasteiger partial charge in [-0.3, -0.25) is 14.9 Å². The van der Waals surface area contributed by atoms with Crippen molar-refractivity contribution < 1.29 is 14.5 Å². The second-order valence-electron chi connectivity index (χ2n) is 4.73. The van der Waals surface area contributed by atoms with E-state index in [1.807, 2.05) is 31.2 Å². The lowest BCUT2D eigenvalue weighted by molar-refractivity contribution is -0.385. The maximum absolute atomic E-state index is 12.2. The Bertz CT molecular complexity index is 694. The number of benzene rings is 2. The summed E-state index contributed by atoms with van der Waals surface area (Å²) < 4.78 is 4.92. The molecule has 0 atom stereocenters. The molecule has 0 N–H and O–H groups in total. The van der Waals surface area contributed by atoms with Crippen LogP contribution in [0.15, 0.2) is 42.5 Å². The zero-order valence-corrected chi connectivity index (χ0v) is 11.8. The quantitative estimate of drug-likeness (QED) is 0.480. The number of rotatable bonds is 5. The summed E-state index contributed by atoms with van der Waals surface area (Å²) in [7, 11) is 1.36. The number of ketones is 1. The number of hydrogen-bond acceptors (Lipinski definition) is 4. The Morgan fingerprint density at radius 3 is 2.62 bits per heavy atom. The molecular formula is C16H15NO4. The summed E-state index contributed by atoms with van der Waals surface area (Å²) >= 11 is 0. The van der Waals surface area contributed by atoms with Crippen molar-refractivity contribution in [2.24, 2.45) is 0 Å². The van der Waals surface area contributed by atoms with Gasteiger partial charge in [0, 0.05) is 18.1 Å².